The van der Waals surface area contributed by atoms with Gasteiger partial charge in [-0.15, -0.1) is 5.10 Å². The van der Waals surface area contributed by atoms with Gasteiger partial charge in [0.1, 0.15) is 6.04 Å². The summed E-state index contributed by atoms with van der Waals surface area (Å²) in [6.45, 7) is 1.92. The molecule has 9 heteroatoms. The number of fused-ring (bicyclic) bond motifs is 1. The van der Waals surface area contributed by atoms with Crippen LogP contribution in [0.2, 0.25) is 5.02 Å². The maximum Gasteiger partial charge on any atom is 0.453 e. The molecule has 2 atom stereocenters. The molecule has 0 radical (unpaired) electrons. The number of rotatable bonds is 1. The maximum atomic E-state index is 13.1. The van der Waals surface area contributed by atoms with Crippen LogP contribution in [0.15, 0.2) is 35.5 Å². The first kappa shape index (κ1) is 17.1. The number of Topliss-reactive ketones (excluding diaryl/α,β-unsaturated/α-hetero) is 1. The van der Waals surface area contributed by atoms with Crippen molar-refractivity contribution in [1.82, 2.24) is 14.8 Å². The molecule has 5 nitrogen and oxygen atoms in total. The highest BCUT2D eigenvalue weighted by molar-refractivity contribution is 6.31. The summed E-state index contributed by atoms with van der Waals surface area (Å²) in [7, 11) is 0. The van der Waals surface area contributed by atoms with Gasteiger partial charge in [0.2, 0.25) is 5.95 Å². The number of allylic oxidation sites excluding steroid dienone is 2. The number of halogens is 4. The van der Waals surface area contributed by atoms with Crippen molar-refractivity contribution in [2.45, 2.75) is 32.0 Å². The minimum atomic E-state index is -4.69. The number of alkyl halides is 3. The van der Waals surface area contributed by atoms with Crippen molar-refractivity contribution in [2.75, 3.05) is 5.32 Å². The fraction of sp³-hybridized carbons (Fsp3) is 0.353. The smallest absolute Gasteiger partial charge is 0.328 e. The van der Waals surface area contributed by atoms with Gasteiger partial charge in [-0.2, -0.15) is 18.2 Å². The summed E-state index contributed by atoms with van der Waals surface area (Å²) < 4.78 is 40.5. The van der Waals surface area contributed by atoms with Gasteiger partial charge >= 0.3 is 6.18 Å². The molecular weight excluding hydrogens is 369 g/mol. The van der Waals surface area contributed by atoms with Crippen LogP contribution in [0, 0.1) is 5.92 Å². The number of nitrogens with zero attached hydrogens (tertiary/aromatic N) is 3. The van der Waals surface area contributed by atoms with Gasteiger partial charge < -0.3 is 5.32 Å². The van der Waals surface area contributed by atoms with E-state index in [1.807, 2.05) is 6.92 Å². The van der Waals surface area contributed by atoms with E-state index in [1.165, 1.54) is 0 Å². The topological polar surface area (TPSA) is 59.8 Å². The molecule has 0 bridgehead atoms. The fourth-order valence-corrected chi connectivity index (χ4v) is 3.75. The predicted molar refractivity (Wildman–Crippen MR) is 88.7 cm³/mol. The van der Waals surface area contributed by atoms with Crippen molar-refractivity contribution < 1.29 is 18.0 Å². The average molecular weight is 383 g/mol. The highest BCUT2D eigenvalue weighted by Gasteiger charge is 2.43. The summed E-state index contributed by atoms with van der Waals surface area (Å²) in [4.78, 5) is 16.3. The first-order chi connectivity index (χ1) is 12.3. The SMILES string of the molecule is CC1CC(=O)C2=C(C1)Nc1nc(C(F)(F)F)nn1C2c1ccccc1Cl. The molecule has 4 rings (SSSR count). The Balaban J connectivity index is 1.94. The number of ketones is 1. The molecule has 2 heterocycles. The second-order valence-corrected chi connectivity index (χ2v) is 6.99. The summed E-state index contributed by atoms with van der Waals surface area (Å²) in [5, 5.41) is 6.87. The van der Waals surface area contributed by atoms with Crippen LogP contribution in [0.1, 0.15) is 37.2 Å². The number of anilines is 1. The van der Waals surface area contributed by atoms with Gasteiger partial charge in [-0.05, 0) is 18.4 Å². The summed E-state index contributed by atoms with van der Waals surface area (Å²) in [6.07, 6.45) is -3.80. The molecule has 26 heavy (non-hydrogen) atoms. The minimum Gasteiger partial charge on any atom is -0.328 e. The van der Waals surface area contributed by atoms with Crippen molar-refractivity contribution in [2.24, 2.45) is 5.92 Å². The van der Waals surface area contributed by atoms with Crippen molar-refractivity contribution in [3.63, 3.8) is 0 Å². The lowest BCUT2D eigenvalue weighted by molar-refractivity contribution is -0.145. The Kier molecular flexibility index (Phi) is 3.83. The molecule has 0 fully saturated rings. The lowest BCUT2D eigenvalue weighted by Gasteiger charge is -2.34. The number of hydrogen-bond donors (Lipinski definition) is 1. The number of benzene rings is 1. The van der Waals surface area contributed by atoms with Crippen molar-refractivity contribution in [3.05, 3.63) is 51.9 Å². The van der Waals surface area contributed by atoms with Crippen LogP contribution in [-0.2, 0) is 11.0 Å². The van der Waals surface area contributed by atoms with Crippen LogP contribution in [0.4, 0.5) is 19.1 Å². The van der Waals surface area contributed by atoms with E-state index in [4.69, 9.17) is 11.6 Å². The van der Waals surface area contributed by atoms with Gasteiger partial charge in [-0.3, -0.25) is 4.79 Å². The standard InChI is InChI=1S/C17H14ClF3N4O/c1-8-6-11-13(12(26)7-8)14(9-4-2-3-5-10(9)18)25-16(22-11)23-15(24-25)17(19,20)21/h2-5,8,14H,6-7H2,1H3,(H,22,23,24). The quantitative estimate of drug-likeness (QED) is 0.802. The Labute approximate surface area is 151 Å². The molecule has 0 spiro atoms. The Hall–Kier alpha value is -2.35. The third kappa shape index (κ3) is 2.68. The van der Waals surface area contributed by atoms with E-state index < -0.39 is 18.0 Å². The Bertz CT molecular complexity index is 934. The van der Waals surface area contributed by atoms with Gasteiger partial charge in [0, 0.05) is 28.3 Å². The minimum absolute atomic E-state index is 0.0390. The molecule has 2 aliphatic rings. The highest BCUT2D eigenvalue weighted by Crippen LogP contribution is 2.43. The third-order valence-electron chi connectivity index (χ3n) is 4.58. The van der Waals surface area contributed by atoms with Crippen LogP contribution in [0.25, 0.3) is 0 Å². The molecule has 136 valence electrons. The summed E-state index contributed by atoms with van der Waals surface area (Å²) in [5.41, 5.74) is 1.51. The van der Waals surface area contributed by atoms with Crippen LogP contribution in [0.5, 0.6) is 0 Å². The molecule has 0 saturated carbocycles. The van der Waals surface area contributed by atoms with E-state index in [2.05, 4.69) is 15.4 Å². The van der Waals surface area contributed by atoms with Gasteiger partial charge in [-0.1, -0.05) is 36.7 Å². The Morgan fingerprint density at radius 1 is 1.27 bits per heavy atom. The van der Waals surface area contributed by atoms with E-state index in [1.54, 1.807) is 24.3 Å². The molecule has 1 aromatic heterocycles. The number of hydrogen-bond acceptors (Lipinski definition) is 4. The second-order valence-electron chi connectivity index (χ2n) is 6.58. The molecule has 2 unspecified atom stereocenters. The molecule has 0 saturated heterocycles. The summed E-state index contributed by atoms with van der Waals surface area (Å²) >= 11 is 6.29. The second kappa shape index (κ2) is 5.84. The lowest BCUT2D eigenvalue weighted by atomic mass is 9.81. The summed E-state index contributed by atoms with van der Waals surface area (Å²) in [5.74, 6) is -1.32. The zero-order valence-corrected chi connectivity index (χ0v) is 14.4. The largest absolute Gasteiger partial charge is 0.453 e. The first-order valence-electron chi connectivity index (χ1n) is 8.07. The van der Waals surface area contributed by atoms with E-state index in [0.29, 0.717) is 34.7 Å². The zero-order valence-electron chi connectivity index (χ0n) is 13.6. The fourth-order valence-electron chi connectivity index (χ4n) is 3.51. The maximum absolute atomic E-state index is 13.1. The van der Waals surface area contributed by atoms with Crippen LogP contribution < -0.4 is 5.32 Å². The number of carbonyl (C=O) groups is 1. The molecule has 1 aliphatic carbocycles. The van der Waals surface area contributed by atoms with Crippen LogP contribution >= 0.6 is 11.6 Å². The lowest BCUT2D eigenvalue weighted by Crippen LogP contribution is -2.33. The first-order valence-corrected chi connectivity index (χ1v) is 8.45. The van der Waals surface area contributed by atoms with Gasteiger partial charge in [0.05, 0.1) is 0 Å². The van der Waals surface area contributed by atoms with E-state index >= 15 is 0 Å². The highest BCUT2D eigenvalue weighted by atomic mass is 35.5. The normalized spacial score (nSPS) is 22.7. The molecule has 2 aromatic rings. The molecule has 1 aromatic carbocycles. The monoisotopic (exact) mass is 382 g/mol. The average Bonchev–Trinajstić information content (AvgIpc) is 2.97. The molecular formula is C17H14ClF3N4O. The van der Waals surface area contributed by atoms with Crippen molar-refractivity contribution in [3.8, 4) is 0 Å². The van der Waals surface area contributed by atoms with Crippen LogP contribution in [-0.4, -0.2) is 20.5 Å². The Morgan fingerprint density at radius 2 is 2.00 bits per heavy atom. The summed E-state index contributed by atoms with van der Waals surface area (Å²) in [6, 6.07) is 5.93. The number of carbonyl (C=O) groups excluding carboxylic acids is 1. The molecule has 0 amide bonds. The third-order valence-corrected chi connectivity index (χ3v) is 4.92. The van der Waals surface area contributed by atoms with E-state index in [0.717, 1.165) is 4.68 Å². The van der Waals surface area contributed by atoms with Gasteiger partial charge in [0.15, 0.2) is 5.78 Å². The van der Waals surface area contributed by atoms with Gasteiger partial charge in [0.25, 0.3) is 5.82 Å². The van der Waals surface area contributed by atoms with Gasteiger partial charge in [-0.25, -0.2) is 4.68 Å². The number of aromatic nitrogens is 3. The van der Waals surface area contributed by atoms with Crippen LogP contribution in [0.3, 0.4) is 0 Å². The molecule has 1 N–H and O–H groups in total. The van der Waals surface area contributed by atoms with Crippen molar-refractivity contribution in [1.29, 1.82) is 0 Å². The van der Waals surface area contributed by atoms with E-state index in [-0.39, 0.29) is 17.6 Å². The number of nitrogens with one attached hydrogen (secondary N) is 1. The predicted octanol–water partition coefficient (Wildman–Crippen LogP) is 4.22. The van der Waals surface area contributed by atoms with Crippen molar-refractivity contribution >= 4 is 23.3 Å². The zero-order chi connectivity index (χ0) is 18.6. The molecule has 1 aliphatic heterocycles. The Morgan fingerprint density at radius 3 is 2.69 bits per heavy atom. The van der Waals surface area contributed by atoms with E-state index in [9.17, 15) is 18.0 Å².